The Bertz CT molecular complexity index is 865. The summed E-state index contributed by atoms with van der Waals surface area (Å²) in [5.41, 5.74) is 0.969. The van der Waals surface area contributed by atoms with Crippen LogP contribution in [0.1, 0.15) is 5.56 Å². The molecule has 1 atom stereocenters. The molecule has 2 aromatic rings. The summed E-state index contributed by atoms with van der Waals surface area (Å²) in [6, 6.07) is 13.3. The molecule has 0 radical (unpaired) electrons. The maximum absolute atomic E-state index is 11.8. The van der Waals surface area contributed by atoms with E-state index in [9.17, 15) is 10.1 Å². The Morgan fingerprint density at radius 2 is 2.03 bits per heavy atom. The topological polar surface area (TPSA) is 71.6 Å². The first kappa shape index (κ1) is 21.8. The molecule has 0 bridgehead atoms. The summed E-state index contributed by atoms with van der Waals surface area (Å²) in [7, 11) is -1.64. The number of halogens is 1. The Kier molecular flexibility index (Phi) is 7.32. The number of hydrogen-bond acceptors (Lipinski definition) is 6. The van der Waals surface area contributed by atoms with Crippen LogP contribution in [0.25, 0.3) is 0 Å². The summed E-state index contributed by atoms with van der Waals surface area (Å²) in [5, 5.41) is 14.6. The van der Waals surface area contributed by atoms with Crippen molar-refractivity contribution in [2.24, 2.45) is 4.99 Å². The van der Waals surface area contributed by atoms with Gasteiger partial charge in [0.15, 0.2) is 5.84 Å². The summed E-state index contributed by atoms with van der Waals surface area (Å²) in [6.45, 7) is 6.46. The molecule has 2 heterocycles. The molecule has 0 saturated heterocycles. The van der Waals surface area contributed by atoms with E-state index >= 15 is 0 Å². The van der Waals surface area contributed by atoms with Gasteiger partial charge in [-0.2, -0.15) is 11.8 Å². The predicted molar refractivity (Wildman–Crippen MR) is 124 cm³/mol. The van der Waals surface area contributed by atoms with Crippen LogP contribution in [0.3, 0.4) is 0 Å². The fraction of sp³-hybridized carbons (Fsp3) is 0.400. The van der Waals surface area contributed by atoms with Crippen LogP contribution in [0.15, 0.2) is 53.7 Å². The lowest BCUT2D eigenvalue weighted by molar-refractivity contribution is -0.498. The van der Waals surface area contributed by atoms with Crippen molar-refractivity contribution >= 4 is 42.5 Å². The van der Waals surface area contributed by atoms with Gasteiger partial charge in [-0.25, -0.2) is 4.98 Å². The largest absolute Gasteiger partial charge is 0.348 e. The standard InChI is InChI=1S/C20H25ClN4O2SSi/c1-29(2,17-6-4-3-5-7-17)15-28-14-18(25(26)27)20-22-10-11-24(20)13-16-8-9-19(21)23-12-16/h3-9,12,18H,10-11,13-15H2,1-2H3. The van der Waals surface area contributed by atoms with Gasteiger partial charge in [0.25, 0.3) is 6.04 Å². The first-order chi connectivity index (χ1) is 13.9. The highest BCUT2D eigenvalue weighted by Crippen LogP contribution is 2.19. The second kappa shape index (κ2) is 9.73. The van der Waals surface area contributed by atoms with Crippen LogP contribution in [-0.4, -0.2) is 59.0 Å². The molecule has 0 N–H and O–H groups in total. The Hall–Kier alpha value is -1.90. The molecule has 0 spiro atoms. The molecule has 0 fully saturated rings. The minimum atomic E-state index is -1.64. The third kappa shape index (κ3) is 5.80. The second-order valence-corrected chi connectivity index (χ2v) is 14.3. The molecule has 1 aromatic carbocycles. The SMILES string of the molecule is C[Si](C)(CSCC(C1=NCCN1Cc1ccc(Cl)nc1)[N+](=O)[O-])c1ccccc1. The summed E-state index contributed by atoms with van der Waals surface area (Å²) >= 11 is 7.52. The molecule has 3 rings (SSSR count). The van der Waals surface area contributed by atoms with Gasteiger partial charge >= 0.3 is 0 Å². The smallest absolute Gasteiger partial charge is 0.278 e. The molecule has 1 unspecified atom stereocenters. The Morgan fingerprint density at radius 3 is 2.69 bits per heavy atom. The van der Waals surface area contributed by atoms with Crippen LogP contribution in [0, 0.1) is 10.1 Å². The number of benzene rings is 1. The minimum absolute atomic E-state index is 0.193. The van der Waals surface area contributed by atoms with E-state index < -0.39 is 14.1 Å². The van der Waals surface area contributed by atoms with Crippen LogP contribution in [0.2, 0.25) is 18.2 Å². The number of pyridine rings is 1. The molecule has 29 heavy (non-hydrogen) atoms. The highest BCUT2D eigenvalue weighted by Gasteiger charge is 2.35. The number of thioether (sulfide) groups is 1. The van der Waals surface area contributed by atoms with Gasteiger partial charge in [-0.3, -0.25) is 15.1 Å². The molecule has 0 aliphatic carbocycles. The van der Waals surface area contributed by atoms with E-state index in [1.165, 1.54) is 5.19 Å². The summed E-state index contributed by atoms with van der Waals surface area (Å²) in [6.07, 6.45) is 1.71. The fourth-order valence-electron chi connectivity index (χ4n) is 3.32. The van der Waals surface area contributed by atoms with Gasteiger partial charge in [-0.1, -0.05) is 66.3 Å². The van der Waals surface area contributed by atoms with Gasteiger partial charge in [-0.05, 0) is 17.0 Å². The van der Waals surface area contributed by atoms with E-state index in [0.29, 0.717) is 36.4 Å². The average molecular weight is 449 g/mol. The number of rotatable bonds is 9. The van der Waals surface area contributed by atoms with Crippen LogP contribution in [0.5, 0.6) is 0 Å². The zero-order valence-corrected chi connectivity index (χ0v) is 19.2. The highest BCUT2D eigenvalue weighted by atomic mass is 35.5. The molecule has 9 heteroatoms. The zero-order chi connectivity index (χ0) is 20.9. The summed E-state index contributed by atoms with van der Waals surface area (Å²) in [4.78, 5) is 22.2. The van der Waals surface area contributed by atoms with E-state index in [4.69, 9.17) is 11.6 Å². The number of nitrogens with zero attached hydrogens (tertiary/aromatic N) is 4. The van der Waals surface area contributed by atoms with Crippen molar-refractivity contribution in [3.8, 4) is 0 Å². The molecule has 1 aliphatic heterocycles. The minimum Gasteiger partial charge on any atom is -0.348 e. The van der Waals surface area contributed by atoms with Gasteiger partial charge in [-0.15, -0.1) is 0 Å². The quantitative estimate of drug-likeness (QED) is 0.254. The van der Waals surface area contributed by atoms with E-state index in [-0.39, 0.29) is 4.92 Å². The average Bonchev–Trinajstić information content (AvgIpc) is 3.15. The van der Waals surface area contributed by atoms with Crippen molar-refractivity contribution in [1.82, 2.24) is 9.88 Å². The Balaban J connectivity index is 1.63. The van der Waals surface area contributed by atoms with Crippen LogP contribution in [0.4, 0.5) is 0 Å². The molecule has 1 aromatic heterocycles. The Labute approximate surface area is 181 Å². The third-order valence-corrected chi connectivity index (χ3v) is 11.4. The number of aromatic nitrogens is 1. The lowest BCUT2D eigenvalue weighted by Crippen LogP contribution is -2.46. The highest BCUT2D eigenvalue weighted by molar-refractivity contribution is 8.01. The Morgan fingerprint density at radius 1 is 1.28 bits per heavy atom. The van der Waals surface area contributed by atoms with Gasteiger partial charge in [0, 0.05) is 24.2 Å². The van der Waals surface area contributed by atoms with Gasteiger partial charge in [0.1, 0.15) is 5.15 Å². The molecule has 6 nitrogen and oxygen atoms in total. The first-order valence-electron chi connectivity index (χ1n) is 9.53. The van der Waals surface area contributed by atoms with Crippen molar-refractivity contribution in [3.63, 3.8) is 0 Å². The third-order valence-electron chi connectivity index (χ3n) is 4.98. The van der Waals surface area contributed by atoms with Crippen molar-refractivity contribution in [3.05, 3.63) is 69.5 Å². The maximum Gasteiger partial charge on any atom is 0.278 e. The normalized spacial score (nSPS) is 15.3. The van der Waals surface area contributed by atoms with Crippen LogP contribution < -0.4 is 5.19 Å². The molecule has 1 aliphatic rings. The van der Waals surface area contributed by atoms with E-state index in [1.54, 1.807) is 24.0 Å². The van der Waals surface area contributed by atoms with Crippen molar-refractivity contribution in [2.45, 2.75) is 25.7 Å². The lowest BCUT2D eigenvalue weighted by Gasteiger charge is -2.24. The van der Waals surface area contributed by atoms with Crippen molar-refractivity contribution in [2.75, 3.05) is 24.2 Å². The van der Waals surface area contributed by atoms with Crippen molar-refractivity contribution in [1.29, 1.82) is 0 Å². The van der Waals surface area contributed by atoms with Crippen molar-refractivity contribution < 1.29 is 4.92 Å². The van der Waals surface area contributed by atoms with Gasteiger partial charge in [0.05, 0.1) is 20.4 Å². The number of hydrogen-bond donors (Lipinski definition) is 0. The van der Waals surface area contributed by atoms with Gasteiger partial charge < -0.3 is 4.90 Å². The maximum atomic E-state index is 11.8. The van der Waals surface area contributed by atoms with E-state index in [1.807, 2.05) is 17.0 Å². The monoisotopic (exact) mass is 448 g/mol. The molecular weight excluding hydrogens is 424 g/mol. The van der Waals surface area contributed by atoms with E-state index in [0.717, 1.165) is 10.9 Å². The predicted octanol–water partition coefficient (Wildman–Crippen LogP) is 3.48. The van der Waals surface area contributed by atoms with E-state index in [2.05, 4.69) is 47.3 Å². The van der Waals surface area contributed by atoms with Gasteiger partial charge in [0.2, 0.25) is 0 Å². The zero-order valence-electron chi connectivity index (χ0n) is 16.6. The second-order valence-electron chi connectivity index (χ2n) is 7.72. The summed E-state index contributed by atoms with van der Waals surface area (Å²) in [5.74, 6) is 1.02. The van der Waals surface area contributed by atoms with Crippen LogP contribution in [-0.2, 0) is 6.54 Å². The number of nitro groups is 1. The number of amidine groups is 1. The molecule has 0 saturated carbocycles. The first-order valence-corrected chi connectivity index (χ1v) is 14.3. The summed E-state index contributed by atoms with van der Waals surface area (Å²) < 4.78 is 0. The van der Waals surface area contributed by atoms with Crippen LogP contribution >= 0.6 is 23.4 Å². The fourth-order valence-corrected chi connectivity index (χ4v) is 8.20. The lowest BCUT2D eigenvalue weighted by atomic mass is 10.2. The molecule has 0 amide bonds. The molecule has 154 valence electrons. The number of aliphatic imine (C=N–C) groups is 1. The molecular formula is C20H25ClN4O2SSi.